The van der Waals surface area contributed by atoms with Gasteiger partial charge in [-0.1, -0.05) is 35.3 Å². The maximum atomic E-state index is 8.66. The molecule has 1 aliphatic rings. The summed E-state index contributed by atoms with van der Waals surface area (Å²) in [6.07, 6.45) is 0. The Morgan fingerprint density at radius 2 is 2.13 bits per heavy atom. The molecule has 0 saturated carbocycles. The Hall–Kier alpha value is -1.50. The Labute approximate surface area is 96.6 Å². The number of aliphatic imine (C=N–C) groups is 1. The van der Waals surface area contributed by atoms with Crippen molar-refractivity contribution in [1.29, 1.82) is 5.26 Å². The SMILES string of the molecule is N#C/C(Cl)=C1\Nc2ccccc2N=C1Cl. The number of hydrogen-bond acceptors (Lipinski definition) is 3. The summed E-state index contributed by atoms with van der Waals surface area (Å²) in [6.45, 7) is 0. The first-order valence-electron chi connectivity index (χ1n) is 4.13. The molecular weight excluding hydrogens is 233 g/mol. The minimum atomic E-state index is -0.00162. The van der Waals surface area contributed by atoms with Crippen LogP contribution in [-0.2, 0) is 0 Å². The van der Waals surface area contributed by atoms with Crippen molar-refractivity contribution in [2.45, 2.75) is 0 Å². The molecular formula is C10H5Cl2N3. The molecule has 0 aliphatic carbocycles. The quantitative estimate of drug-likeness (QED) is 0.704. The first kappa shape index (κ1) is 10.0. The van der Waals surface area contributed by atoms with Gasteiger partial charge in [-0.05, 0) is 12.1 Å². The largest absolute Gasteiger partial charge is 0.349 e. The fourth-order valence-corrected chi connectivity index (χ4v) is 1.64. The van der Waals surface area contributed by atoms with Crippen molar-refractivity contribution in [1.82, 2.24) is 0 Å². The second-order valence-electron chi connectivity index (χ2n) is 2.85. The number of allylic oxidation sites excluding steroid dienone is 2. The molecule has 0 amide bonds. The lowest BCUT2D eigenvalue weighted by molar-refractivity contribution is 1.39. The van der Waals surface area contributed by atoms with Crippen molar-refractivity contribution in [2.24, 2.45) is 4.99 Å². The van der Waals surface area contributed by atoms with Crippen LogP contribution in [0.15, 0.2) is 40.0 Å². The fraction of sp³-hybridized carbons (Fsp3) is 0. The van der Waals surface area contributed by atoms with Gasteiger partial charge < -0.3 is 5.32 Å². The molecule has 15 heavy (non-hydrogen) atoms. The molecule has 0 spiro atoms. The van der Waals surface area contributed by atoms with E-state index in [0.29, 0.717) is 5.70 Å². The Morgan fingerprint density at radius 1 is 1.40 bits per heavy atom. The molecule has 1 heterocycles. The van der Waals surface area contributed by atoms with E-state index in [9.17, 15) is 0 Å². The molecule has 0 aromatic heterocycles. The summed E-state index contributed by atoms with van der Waals surface area (Å²) in [5.41, 5.74) is 1.86. The number of nitriles is 1. The third-order valence-corrected chi connectivity index (χ3v) is 2.45. The van der Waals surface area contributed by atoms with Gasteiger partial charge in [-0.15, -0.1) is 0 Å². The zero-order valence-electron chi connectivity index (χ0n) is 7.46. The van der Waals surface area contributed by atoms with Gasteiger partial charge in [0.1, 0.15) is 16.8 Å². The number of anilines is 1. The minimum absolute atomic E-state index is 0.00162. The second-order valence-corrected chi connectivity index (χ2v) is 3.58. The van der Waals surface area contributed by atoms with Crippen molar-refractivity contribution in [3.05, 3.63) is 35.0 Å². The molecule has 74 valence electrons. The van der Waals surface area contributed by atoms with Gasteiger partial charge in [0.2, 0.25) is 0 Å². The van der Waals surface area contributed by atoms with E-state index >= 15 is 0 Å². The summed E-state index contributed by atoms with van der Waals surface area (Å²) in [5.74, 6) is 0. The average molecular weight is 238 g/mol. The zero-order valence-corrected chi connectivity index (χ0v) is 8.97. The van der Waals surface area contributed by atoms with Crippen molar-refractivity contribution in [3.63, 3.8) is 0 Å². The molecule has 0 fully saturated rings. The van der Waals surface area contributed by atoms with Gasteiger partial charge in [-0.25, -0.2) is 4.99 Å². The van der Waals surface area contributed by atoms with Crippen LogP contribution in [0, 0.1) is 11.3 Å². The third kappa shape index (κ3) is 1.82. The number of halogens is 2. The zero-order chi connectivity index (χ0) is 10.8. The number of benzene rings is 1. The third-order valence-electron chi connectivity index (χ3n) is 1.91. The van der Waals surface area contributed by atoms with Crippen LogP contribution >= 0.6 is 23.2 Å². The lowest BCUT2D eigenvalue weighted by atomic mass is 10.2. The van der Waals surface area contributed by atoms with Crippen LogP contribution in [-0.4, -0.2) is 5.17 Å². The van der Waals surface area contributed by atoms with Crippen LogP contribution in [0.5, 0.6) is 0 Å². The van der Waals surface area contributed by atoms with Gasteiger partial charge in [0.15, 0.2) is 5.17 Å². The molecule has 2 rings (SSSR count). The Morgan fingerprint density at radius 3 is 2.87 bits per heavy atom. The van der Waals surface area contributed by atoms with Crippen LogP contribution in [0.4, 0.5) is 11.4 Å². The molecule has 0 bridgehead atoms. The van der Waals surface area contributed by atoms with Gasteiger partial charge in [0.25, 0.3) is 0 Å². The van der Waals surface area contributed by atoms with Crippen LogP contribution in [0.1, 0.15) is 0 Å². The summed E-state index contributed by atoms with van der Waals surface area (Å²) in [4.78, 5) is 4.12. The highest BCUT2D eigenvalue weighted by Gasteiger charge is 2.17. The Kier molecular flexibility index (Phi) is 2.63. The smallest absolute Gasteiger partial charge is 0.155 e. The lowest BCUT2D eigenvalue weighted by Crippen LogP contribution is -2.11. The fourth-order valence-electron chi connectivity index (χ4n) is 1.23. The normalized spacial score (nSPS) is 17.0. The van der Waals surface area contributed by atoms with E-state index in [0.717, 1.165) is 11.4 Å². The monoisotopic (exact) mass is 237 g/mol. The summed E-state index contributed by atoms with van der Waals surface area (Å²) in [7, 11) is 0. The van der Waals surface area contributed by atoms with Crippen molar-refractivity contribution >= 4 is 39.7 Å². The highest BCUT2D eigenvalue weighted by molar-refractivity contribution is 6.71. The van der Waals surface area contributed by atoms with Gasteiger partial charge in [0, 0.05) is 0 Å². The van der Waals surface area contributed by atoms with Crippen molar-refractivity contribution in [3.8, 4) is 6.07 Å². The standard InChI is InChI=1S/C10H5Cl2N3/c11-6(5-13)9-10(12)15-8-4-2-1-3-7(8)14-9/h1-4,14H/b9-6+. The highest BCUT2D eigenvalue weighted by atomic mass is 35.5. The molecule has 1 aromatic carbocycles. The molecule has 1 aliphatic heterocycles. The van der Waals surface area contributed by atoms with E-state index in [-0.39, 0.29) is 10.2 Å². The Bertz CT molecular complexity index is 512. The van der Waals surface area contributed by atoms with E-state index in [1.165, 1.54) is 0 Å². The van der Waals surface area contributed by atoms with E-state index in [4.69, 9.17) is 28.5 Å². The molecule has 0 saturated heterocycles. The first-order chi connectivity index (χ1) is 7.22. The van der Waals surface area contributed by atoms with E-state index in [1.54, 1.807) is 0 Å². The van der Waals surface area contributed by atoms with Crippen molar-refractivity contribution < 1.29 is 0 Å². The molecule has 1 aromatic rings. The number of para-hydroxylation sites is 2. The first-order valence-corrected chi connectivity index (χ1v) is 4.88. The molecule has 5 heteroatoms. The van der Waals surface area contributed by atoms with Crippen molar-refractivity contribution in [2.75, 3.05) is 5.32 Å². The van der Waals surface area contributed by atoms with Gasteiger partial charge in [-0.2, -0.15) is 5.26 Å². The Balaban J connectivity index is 2.55. The van der Waals surface area contributed by atoms with E-state index in [2.05, 4.69) is 10.3 Å². The number of hydrogen-bond donors (Lipinski definition) is 1. The van der Waals surface area contributed by atoms with Gasteiger partial charge in [-0.3, -0.25) is 0 Å². The van der Waals surface area contributed by atoms with E-state index < -0.39 is 0 Å². The van der Waals surface area contributed by atoms with Crippen LogP contribution in [0.25, 0.3) is 0 Å². The van der Waals surface area contributed by atoms with Gasteiger partial charge in [0.05, 0.1) is 11.4 Å². The van der Waals surface area contributed by atoms with Gasteiger partial charge >= 0.3 is 0 Å². The molecule has 1 N–H and O–H groups in total. The maximum Gasteiger partial charge on any atom is 0.155 e. The average Bonchev–Trinajstić information content (AvgIpc) is 2.27. The number of fused-ring (bicyclic) bond motifs is 1. The summed E-state index contributed by atoms with van der Waals surface area (Å²) in [5, 5.41) is 11.8. The van der Waals surface area contributed by atoms with Crippen LogP contribution in [0.2, 0.25) is 0 Å². The number of rotatable bonds is 0. The minimum Gasteiger partial charge on any atom is -0.349 e. The summed E-state index contributed by atoms with van der Waals surface area (Å²) < 4.78 is 0. The molecule has 0 atom stereocenters. The lowest BCUT2D eigenvalue weighted by Gasteiger charge is -2.16. The summed E-state index contributed by atoms with van der Waals surface area (Å²) >= 11 is 11.6. The van der Waals surface area contributed by atoms with E-state index in [1.807, 2.05) is 30.3 Å². The van der Waals surface area contributed by atoms with Crippen LogP contribution in [0.3, 0.4) is 0 Å². The van der Waals surface area contributed by atoms with Crippen LogP contribution < -0.4 is 5.32 Å². The predicted molar refractivity (Wildman–Crippen MR) is 61.5 cm³/mol. The topological polar surface area (TPSA) is 48.2 Å². The second kappa shape index (κ2) is 3.93. The number of nitrogens with one attached hydrogen (secondary N) is 1. The number of nitrogens with zero attached hydrogens (tertiary/aromatic N) is 2. The summed E-state index contributed by atoms with van der Waals surface area (Å²) in [6, 6.07) is 9.19. The highest BCUT2D eigenvalue weighted by Crippen LogP contribution is 2.32. The molecule has 3 nitrogen and oxygen atoms in total. The predicted octanol–water partition coefficient (Wildman–Crippen LogP) is 3.35. The molecule has 0 radical (unpaired) electrons. The maximum absolute atomic E-state index is 8.66. The molecule has 0 unspecified atom stereocenters.